The van der Waals surface area contributed by atoms with E-state index in [9.17, 15) is 5.11 Å². The van der Waals surface area contributed by atoms with Crippen molar-refractivity contribution in [3.05, 3.63) is 29.2 Å². The van der Waals surface area contributed by atoms with Crippen molar-refractivity contribution in [3.63, 3.8) is 0 Å². The van der Waals surface area contributed by atoms with Gasteiger partial charge in [-0.3, -0.25) is 0 Å². The van der Waals surface area contributed by atoms with Crippen molar-refractivity contribution in [1.29, 1.82) is 0 Å². The number of nitrogens with zero attached hydrogens (tertiary/aromatic N) is 1. The molecule has 6 rings (SSSR count). The Hall–Kier alpha value is -2.01. The number of aliphatic hydroxyl groups is 1. The zero-order valence-corrected chi connectivity index (χ0v) is 18.8. The number of rotatable bonds is 5. The van der Waals surface area contributed by atoms with E-state index in [0.29, 0.717) is 17.8 Å². The summed E-state index contributed by atoms with van der Waals surface area (Å²) in [5.41, 5.74) is 5.74. The van der Waals surface area contributed by atoms with E-state index in [1.165, 1.54) is 38.5 Å². The van der Waals surface area contributed by atoms with Crippen LogP contribution in [0.25, 0.3) is 11.1 Å². The Morgan fingerprint density at radius 2 is 1.58 bits per heavy atom. The van der Waals surface area contributed by atoms with E-state index in [1.807, 2.05) is 13.8 Å². The molecule has 0 spiro atoms. The van der Waals surface area contributed by atoms with Gasteiger partial charge in [-0.25, -0.2) is 0 Å². The summed E-state index contributed by atoms with van der Waals surface area (Å²) in [7, 11) is 0. The Balaban J connectivity index is 1.53. The first-order valence-corrected chi connectivity index (χ1v) is 12.4. The van der Waals surface area contributed by atoms with Gasteiger partial charge in [-0.2, -0.15) is 0 Å². The third kappa shape index (κ3) is 3.11. The van der Waals surface area contributed by atoms with Crippen LogP contribution in [0.4, 0.5) is 11.4 Å². The molecule has 0 radical (unpaired) electrons. The molecule has 2 heterocycles. The first-order valence-electron chi connectivity index (χ1n) is 12.4. The maximum atomic E-state index is 12.6. The summed E-state index contributed by atoms with van der Waals surface area (Å²) in [5, 5.41) is 24.4. The minimum atomic E-state index is -0.765. The molecule has 1 aliphatic heterocycles. The molecule has 0 saturated heterocycles. The number of anilines is 2. The third-order valence-corrected chi connectivity index (χ3v) is 8.55. The van der Waals surface area contributed by atoms with Crippen LogP contribution in [-0.2, 0) is 5.60 Å². The molecule has 31 heavy (non-hydrogen) atoms. The largest absolute Gasteiger partial charge is 0.385 e. The van der Waals surface area contributed by atoms with Gasteiger partial charge in [0, 0.05) is 11.1 Å². The van der Waals surface area contributed by atoms with Crippen LogP contribution in [0.15, 0.2) is 16.7 Å². The van der Waals surface area contributed by atoms with Gasteiger partial charge in [0.05, 0.1) is 28.8 Å². The fourth-order valence-corrected chi connectivity index (χ4v) is 6.80. The first kappa shape index (κ1) is 19.7. The monoisotopic (exact) mass is 421 g/mol. The SMILES string of the molecule is Cc1noc(C)c1-c1cc2c(c(C(O)(C3CCCC3)C3CCCC3)c1)NC(C1CC1)N2. The van der Waals surface area contributed by atoms with Gasteiger partial charge < -0.3 is 20.3 Å². The topological polar surface area (TPSA) is 70.3 Å². The zero-order valence-electron chi connectivity index (χ0n) is 18.8. The number of hydrogen-bond donors (Lipinski definition) is 3. The fourth-order valence-electron chi connectivity index (χ4n) is 6.80. The molecule has 166 valence electrons. The van der Waals surface area contributed by atoms with Gasteiger partial charge in [0.2, 0.25) is 0 Å². The van der Waals surface area contributed by atoms with Crippen molar-refractivity contribution in [3.8, 4) is 11.1 Å². The Morgan fingerprint density at radius 3 is 2.13 bits per heavy atom. The van der Waals surface area contributed by atoms with Gasteiger partial charge in [0.25, 0.3) is 0 Å². The molecule has 3 fully saturated rings. The van der Waals surface area contributed by atoms with Gasteiger partial charge in [0.15, 0.2) is 0 Å². The van der Waals surface area contributed by atoms with Gasteiger partial charge in [-0.15, -0.1) is 0 Å². The number of aryl methyl sites for hydroxylation is 2. The molecular weight excluding hydrogens is 386 g/mol. The van der Waals surface area contributed by atoms with E-state index in [0.717, 1.165) is 65.2 Å². The second kappa shape index (κ2) is 7.26. The normalized spacial score (nSPS) is 24.4. The number of benzene rings is 1. The Labute approximate surface area is 185 Å². The van der Waals surface area contributed by atoms with Crippen molar-refractivity contribution in [2.45, 2.75) is 89.8 Å². The predicted molar refractivity (Wildman–Crippen MR) is 123 cm³/mol. The van der Waals surface area contributed by atoms with Crippen LogP contribution in [-0.4, -0.2) is 16.4 Å². The molecule has 5 heteroatoms. The highest BCUT2D eigenvalue weighted by molar-refractivity contribution is 5.85. The summed E-state index contributed by atoms with van der Waals surface area (Å²) in [6.07, 6.45) is 12.3. The lowest BCUT2D eigenvalue weighted by Crippen LogP contribution is -2.41. The second-order valence-electron chi connectivity index (χ2n) is 10.5. The molecule has 1 atom stereocenters. The average molecular weight is 422 g/mol. The molecule has 3 N–H and O–H groups in total. The number of nitrogens with one attached hydrogen (secondary N) is 2. The molecule has 3 saturated carbocycles. The Bertz CT molecular complexity index is 945. The van der Waals surface area contributed by atoms with Crippen LogP contribution in [0.5, 0.6) is 0 Å². The molecule has 1 aromatic carbocycles. The van der Waals surface area contributed by atoms with Crippen LogP contribution in [0.3, 0.4) is 0 Å². The van der Waals surface area contributed by atoms with Crippen molar-refractivity contribution >= 4 is 11.4 Å². The van der Waals surface area contributed by atoms with Crippen molar-refractivity contribution in [2.24, 2.45) is 17.8 Å². The number of aromatic nitrogens is 1. The summed E-state index contributed by atoms with van der Waals surface area (Å²) in [6.45, 7) is 4.00. The van der Waals surface area contributed by atoms with Crippen LogP contribution in [0.1, 0.15) is 81.2 Å². The van der Waals surface area contributed by atoms with E-state index in [1.54, 1.807) is 0 Å². The van der Waals surface area contributed by atoms with E-state index in [-0.39, 0.29) is 6.17 Å². The Morgan fingerprint density at radius 1 is 0.935 bits per heavy atom. The van der Waals surface area contributed by atoms with Crippen LogP contribution in [0.2, 0.25) is 0 Å². The summed E-state index contributed by atoms with van der Waals surface area (Å²) in [4.78, 5) is 0. The maximum absolute atomic E-state index is 12.6. The smallest absolute Gasteiger partial charge is 0.141 e. The summed E-state index contributed by atoms with van der Waals surface area (Å²) < 4.78 is 5.51. The fraction of sp³-hybridized carbons (Fsp3) is 0.654. The van der Waals surface area contributed by atoms with E-state index >= 15 is 0 Å². The average Bonchev–Trinajstić information content (AvgIpc) is 3.24. The van der Waals surface area contributed by atoms with Crippen molar-refractivity contribution in [1.82, 2.24) is 5.16 Å². The quantitative estimate of drug-likeness (QED) is 0.544. The minimum absolute atomic E-state index is 0.282. The van der Waals surface area contributed by atoms with Gasteiger partial charge >= 0.3 is 0 Å². The van der Waals surface area contributed by atoms with E-state index in [2.05, 4.69) is 27.9 Å². The lowest BCUT2D eigenvalue weighted by Gasteiger charge is -2.41. The summed E-state index contributed by atoms with van der Waals surface area (Å²) in [5.74, 6) is 2.23. The highest BCUT2D eigenvalue weighted by Crippen LogP contribution is 2.55. The zero-order chi connectivity index (χ0) is 21.2. The minimum Gasteiger partial charge on any atom is -0.385 e. The predicted octanol–water partition coefficient (Wildman–Crippen LogP) is 6.10. The van der Waals surface area contributed by atoms with Crippen molar-refractivity contribution in [2.75, 3.05) is 10.6 Å². The molecule has 1 unspecified atom stereocenters. The number of fused-ring (bicyclic) bond motifs is 1. The van der Waals surface area contributed by atoms with Gasteiger partial charge in [-0.1, -0.05) is 30.8 Å². The molecule has 0 bridgehead atoms. The van der Waals surface area contributed by atoms with Crippen LogP contribution in [0, 0.1) is 31.6 Å². The summed E-state index contributed by atoms with van der Waals surface area (Å²) >= 11 is 0. The molecule has 0 amide bonds. The van der Waals surface area contributed by atoms with Crippen LogP contribution < -0.4 is 10.6 Å². The van der Waals surface area contributed by atoms with Crippen LogP contribution >= 0.6 is 0 Å². The Kier molecular flexibility index (Phi) is 4.60. The maximum Gasteiger partial charge on any atom is 0.141 e. The van der Waals surface area contributed by atoms with Crippen molar-refractivity contribution < 1.29 is 9.63 Å². The molecule has 5 nitrogen and oxygen atoms in total. The lowest BCUT2D eigenvalue weighted by molar-refractivity contribution is -0.0727. The van der Waals surface area contributed by atoms with E-state index in [4.69, 9.17) is 4.52 Å². The lowest BCUT2D eigenvalue weighted by atomic mass is 9.69. The molecule has 4 aliphatic rings. The molecule has 2 aromatic rings. The summed E-state index contributed by atoms with van der Waals surface area (Å²) in [6, 6.07) is 4.51. The first-order chi connectivity index (χ1) is 15.1. The highest BCUT2D eigenvalue weighted by atomic mass is 16.5. The highest BCUT2D eigenvalue weighted by Gasteiger charge is 2.49. The molecule has 3 aliphatic carbocycles. The second-order valence-corrected chi connectivity index (χ2v) is 10.5. The van der Waals surface area contributed by atoms with E-state index < -0.39 is 5.60 Å². The molecule has 1 aromatic heterocycles. The molecular formula is C26H35N3O2. The van der Waals surface area contributed by atoms with Gasteiger partial charge in [-0.05, 0) is 87.8 Å². The number of hydrogen-bond acceptors (Lipinski definition) is 5. The standard InChI is InChI=1S/C26H35N3O2/c1-15-23(16(2)31-29-15)18-13-21(24-22(14-18)27-25(28-24)17-11-12-17)26(30,19-7-3-4-8-19)20-9-5-6-10-20/h13-14,17,19-20,25,27-28,30H,3-12H2,1-2H3. The van der Waals surface area contributed by atoms with Gasteiger partial charge in [0.1, 0.15) is 5.76 Å². The third-order valence-electron chi connectivity index (χ3n) is 8.55.